The minimum absolute atomic E-state index is 0.197. The fraction of sp³-hybridized carbons (Fsp3) is 0.235. The summed E-state index contributed by atoms with van der Waals surface area (Å²) in [7, 11) is 0. The highest BCUT2D eigenvalue weighted by molar-refractivity contribution is 5.90. The lowest BCUT2D eigenvalue weighted by atomic mass is 10.2. The normalized spacial score (nSPS) is 16.8. The van der Waals surface area contributed by atoms with Crippen molar-refractivity contribution in [1.29, 1.82) is 5.26 Å². The van der Waals surface area contributed by atoms with Crippen LogP contribution in [-0.2, 0) is 0 Å². The van der Waals surface area contributed by atoms with E-state index in [0.29, 0.717) is 11.5 Å². The van der Waals surface area contributed by atoms with Gasteiger partial charge in [-0.3, -0.25) is 0 Å². The zero-order chi connectivity index (χ0) is 17.2. The molecule has 3 N–H and O–H groups in total. The molecule has 0 saturated carbocycles. The van der Waals surface area contributed by atoms with Gasteiger partial charge in [-0.05, 0) is 18.6 Å². The molecule has 1 atom stereocenters. The van der Waals surface area contributed by atoms with Crippen LogP contribution >= 0.6 is 0 Å². The van der Waals surface area contributed by atoms with E-state index in [1.54, 1.807) is 0 Å². The Kier molecular flexibility index (Phi) is 3.74. The van der Waals surface area contributed by atoms with E-state index >= 15 is 0 Å². The van der Waals surface area contributed by atoms with Crippen LogP contribution in [0.4, 0.5) is 17.7 Å². The molecule has 8 nitrogen and oxygen atoms in total. The smallest absolute Gasteiger partial charge is 0.222 e. The monoisotopic (exact) mass is 332 g/mol. The summed E-state index contributed by atoms with van der Waals surface area (Å²) >= 11 is 0. The van der Waals surface area contributed by atoms with Crippen molar-refractivity contribution < 1.29 is 0 Å². The fourth-order valence-corrected chi connectivity index (χ4v) is 3.03. The van der Waals surface area contributed by atoms with E-state index in [9.17, 15) is 0 Å². The predicted octanol–water partition coefficient (Wildman–Crippen LogP) is 1.56. The molecule has 124 valence electrons. The van der Waals surface area contributed by atoms with Crippen LogP contribution in [0.3, 0.4) is 0 Å². The summed E-state index contributed by atoms with van der Waals surface area (Å²) in [4.78, 5) is 19.3. The number of nitrogens with two attached hydrogens (primary N) is 1. The van der Waals surface area contributed by atoms with Gasteiger partial charge in [0.25, 0.3) is 0 Å². The van der Waals surface area contributed by atoms with E-state index in [0.717, 1.165) is 36.2 Å². The second kappa shape index (κ2) is 6.20. The zero-order valence-corrected chi connectivity index (χ0v) is 13.4. The number of nitrogens with zero attached hydrogens (tertiary/aromatic N) is 6. The van der Waals surface area contributed by atoms with Crippen LogP contribution in [0.1, 0.15) is 12.0 Å². The number of aromatic nitrogens is 4. The minimum Gasteiger partial charge on any atom is -0.368 e. The van der Waals surface area contributed by atoms with Crippen LogP contribution < -0.4 is 16.0 Å². The summed E-state index contributed by atoms with van der Waals surface area (Å²) in [6.45, 7) is 1.62. The summed E-state index contributed by atoms with van der Waals surface area (Å²) in [5, 5.41) is 13.1. The van der Waals surface area contributed by atoms with Crippen molar-refractivity contribution in [1.82, 2.24) is 19.9 Å². The quantitative estimate of drug-likeness (QED) is 0.742. The highest BCUT2D eigenvalue weighted by Crippen LogP contribution is 2.27. The average molecular weight is 332 g/mol. The number of nitriles is 1. The molecule has 3 heterocycles. The van der Waals surface area contributed by atoms with Gasteiger partial charge in [0.1, 0.15) is 11.9 Å². The molecular weight excluding hydrogens is 316 g/mol. The molecule has 8 heteroatoms. The van der Waals surface area contributed by atoms with Crippen molar-refractivity contribution in [3.8, 4) is 6.07 Å². The van der Waals surface area contributed by atoms with Crippen molar-refractivity contribution in [2.45, 2.75) is 12.5 Å². The lowest BCUT2D eigenvalue weighted by Gasteiger charge is -2.20. The lowest BCUT2D eigenvalue weighted by molar-refractivity contribution is 0.791. The third-order valence-electron chi connectivity index (χ3n) is 4.20. The first-order chi connectivity index (χ1) is 12.2. The van der Waals surface area contributed by atoms with Gasteiger partial charge in [0, 0.05) is 24.5 Å². The lowest BCUT2D eigenvalue weighted by Crippen LogP contribution is -2.27. The Bertz CT molecular complexity index is 947. The third kappa shape index (κ3) is 2.99. The van der Waals surface area contributed by atoms with Crippen LogP contribution in [0.5, 0.6) is 0 Å². The molecular formula is C17H16N8. The Hall–Kier alpha value is -3.47. The van der Waals surface area contributed by atoms with Gasteiger partial charge in [-0.1, -0.05) is 12.1 Å². The van der Waals surface area contributed by atoms with Crippen LogP contribution in [0.25, 0.3) is 10.9 Å². The molecule has 0 aliphatic carbocycles. The van der Waals surface area contributed by atoms with Crippen LogP contribution in [-0.4, -0.2) is 39.1 Å². The molecule has 0 spiro atoms. The van der Waals surface area contributed by atoms with Crippen molar-refractivity contribution in [2.75, 3.05) is 29.0 Å². The largest absolute Gasteiger partial charge is 0.368 e. The van der Waals surface area contributed by atoms with Gasteiger partial charge in [-0.2, -0.15) is 10.2 Å². The maximum Gasteiger partial charge on any atom is 0.222 e. The van der Waals surface area contributed by atoms with Gasteiger partial charge in [0.05, 0.1) is 23.5 Å². The first kappa shape index (κ1) is 15.1. The Morgan fingerprint density at radius 2 is 2.00 bits per heavy atom. The number of hydrogen-bond donors (Lipinski definition) is 2. The van der Waals surface area contributed by atoms with Crippen molar-refractivity contribution in [3.63, 3.8) is 0 Å². The number of fused-ring (bicyclic) bond motifs is 1. The second-order valence-electron chi connectivity index (χ2n) is 5.91. The van der Waals surface area contributed by atoms with E-state index in [-0.39, 0.29) is 12.0 Å². The fourth-order valence-electron chi connectivity index (χ4n) is 3.03. The molecule has 1 aliphatic heterocycles. The molecule has 25 heavy (non-hydrogen) atoms. The van der Waals surface area contributed by atoms with Gasteiger partial charge in [0.15, 0.2) is 0 Å². The standard InChI is InChI=1S/C17H16N8/c18-7-11-8-20-17(21-9-11)22-12-5-6-25(10-12)15-13-3-1-2-4-14(13)23-16(19)24-15/h1-4,8-9,12H,5-6,10H2,(H2,19,23,24)(H,20,21,22). The molecule has 3 aromatic rings. The molecule has 1 unspecified atom stereocenters. The Morgan fingerprint density at radius 3 is 2.80 bits per heavy atom. The van der Waals surface area contributed by atoms with Gasteiger partial charge in [-0.25, -0.2) is 15.0 Å². The number of benzene rings is 1. The van der Waals surface area contributed by atoms with Crippen LogP contribution in [0.2, 0.25) is 0 Å². The Balaban J connectivity index is 1.53. The summed E-state index contributed by atoms with van der Waals surface area (Å²) in [5.41, 5.74) is 7.16. The number of rotatable bonds is 3. The van der Waals surface area contributed by atoms with Gasteiger partial charge < -0.3 is 16.0 Å². The van der Waals surface area contributed by atoms with Gasteiger partial charge in [-0.15, -0.1) is 0 Å². The number of nitrogens with one attached hydrogen (secondary N) is 1. The summed E-state index contributed by atoms with van der Waals surface area (Å²) in [6, 6.07) is 10.1. The molecule has 0 amide bonds. The van der Waals surface area contributed by atoms with Crippen LogP contribution in [0, 0.1) is 11.3 Å². The molecule has 4 rings (SSSR count). The minimum atomic E-state index is 0.197. The van der Waals surface area contributed by atoms with Crippen molar-refractivity contribution >= 4 is 28.6 Å². The average Bonchev–Trinajstić information content (AvgIpc) is 3.10. The van der Waals surface area contributed by atoms with E-state index in [4.69, 9.17) is 11.0 Å². The highest BCUT2D eigenvalue weighted by Gasteiger charge is 2.25. The number of para-hydroxylation sites is 1. The molecule has 1 fully saturated rings. The van der Waals surface area contributed by atoms with Crippen molar-refractivity contribution in [2.24, 2.45) is 0 Å². The molecule has 0 radical (unpaired) electrons. The van der Waals surface area contributed by atoms with E-state index in [1.165, 1.54) is 12.4 Å². The maximum atomic E-state index is 8.80. The third-order valence-corrected chi connectivity index (χ3v) is 4.20. The van der Waals surface area contributed by atoms with E-state index in [2.05, 4.69) is 30.2 Å². The summed E-state index contributed by atoms with van der Waals surface area (Å²) in [5.74, 6) is 1.66. The highest BCUT2D eigenvalue weighted by atomic mass is 15.3. The summed E-state index contributed by atoms with van der Waals surface area (Å²) in [6.07, 6.45) is 3.96. The molecule has 1 saturated heterocycles. The molecule has 0 bridgehead atoms. The van der Waals surface area contributed by atoms with E-state index in [1.807, 2.05) is 30.3 Å². The molecule has 1 aromatic carbocycles. The maximum absolute atomic E-state index is 8.80. The molecule has 1 aliphatic rings. The van der Waals surface area contributed by atoms with Crippen LogP contribution in [0.15, 0.2) is 36.7 Å². The van der Waals surface area contributed by atoms with Crippen molar-refractivity contribution in [3.05, 3.63) is 42.2 Å². The summed E-state index contributed by atoms with van der Waals surface area (Å²) < 4.78 is 0. The second-order valence-corrected chi connectivity index (χ2v) is 5.91. The van der Waals surface area contributed by atoms with E-state index < -0.39 is 0 Å². The topological polar surface area (TPSA) is 117 Å². The number of hydrogen-bond acceptors (Lipinski definition) is 8. The Labute approximate surface area is 144 Å². The predicted molar refractivity (Wildman–Crippen MR) is 94.9 cm³/mol. The number of nitrogen functional groups attached to an aromatic ring is 1. The molecule has 2 aromatic heterocycles. The Morgan fingerprint density at radius 1 is 1.20 bits per heavy atom. The van der Waals surface area contributed by atoms with Gasteiger partial charge in [0.2, 0.25) is 11.9 Å². The first-order valence-corrected chi connectivity index (χ1v) is 7.99. The zero-order valence-electron chi connectivity index (χ0n) is 13.4. The first-order valence-electron chi connectivity index (χ1n) is 7.99. The SMILES string of the molecule is N#Cc1cnc(NC2CCN(c3nc(N)nc4ccccc34)C2)nc1. The number of anilines is 3. The van der Waals surface area contributed by atoms with Gasteiger partial charge >= 0.3 is 0 Å².